The van der Waals surface area contributed by atoms with E-state index in [2.05, 4.69) is 20.4 Å². The van der Waals surface area contributed by atoms with E-state index in [1.807, 2.05) is 17.0 Å². The number of piperazine rings is 1. The number of amides is 3. The van der Waals surface area contributed by atoms with E-state index < -0.39 is 0 Å². The van der Waals surface area contributed by atoms with Crippen LogP contribution in [0.1, 0.15) is 25.7 Å². The third-order valence-corrected chi connectivity index (χ3v) is 5.24. The molecule has 3 fully saturated rings. The van der Waals surface area contributed by atoms with Gasteiger partial charge in [0.2, 0.25) is 5.91 Å². The van der Waals surface area contributed by atoms with Gasteiger partial charge in [0.15, 0.2) is 5.82 Å². The topological polar surface area (TPSA) is 81.7 Å². The summed E-state index contributed by atoms with van der Waals surface area (Å²) in [5.74, 6) is 0.968. The molecule has 1 aliphatic carbocycles. The second kappa shape index (κ2) is 6.85. The zero-order chi connectivity index (χ0) is 17.2. The van der Waals surface area contributed by atoms with Crippen LogP contribution < -0.4 is 10.2 Å². The van der Waals surface area contributed by atoms with Crippen LogP contribution in [0.3, 0.4) is 0 Å². The van der Waals surface area contributed by atoms with Crippen molar-refractivity contribution < 1.29 is 9.59 Å². The second-order valence-electron chi connectivity index (χ2n) is 7.03. The van der Waals surface area contributed by atoms with Crippen LogP contribution in [-0.4, -0.2) is 76.7 Å². The summed E-state index contributed by atoms with van der Waals surface area (Å²) in [7, 11) is 0. The Hall–Kier alpha value is -2.38. The first-order valence-electron chi connectivity index (χ1n) is 9.08. The van der Waals surface area contributed by atoms with Gasteiger partial charge in [-0.05, 0) is 37.8 Å². The molecule has 1 N–H and O–H groups in total. The summed E-state index contributed by atoms with van der Waals surface area (Å²) >= 11 is 0. The Kier molecular flexibility index (Phi) is 4.42. The average molecular weight is 344 g/mol. The maximum Gasteiger partial charge on any atom is 0.318 e. The highest BCUT2D eigenvalue weighted by Crippen LogP contribution is 2.28. The van der Waals surface area contributed by atoms with Crippen molar-refractivity contribution in [1.29, 1.82) is 0 Å². The molecule has 1 aromatic heterocycles. The summed E-state index contributed by atoms with van der Waals surface area (Å²) < 4.78 is 0. The summed E-state index contributed by atoms with van der Waals surface area (Å²) in [5, 5.41) is 11.1. The Morgan fingerprint density at radius 1 is 1.12 bits per heavy atom. The molecule has 3 amide bonds. The molecule has 134 valence electrons. The minimum absolute atomic E-state index is 0.0846. The molecule has 1 aromatic rings. The Balaban J connectivity index is 1.24. The maximum atomic E-state index is 12.5. The predicted molar refractivity (Wildman–Crippen MR) is 92.1 cm³/mol. The molecule has 0 bridgehead atoms. The lowest BCUT2D eigenvalue weighted by Crippen LogP contribution is -2.57. The zero-order valence-electron chi connectivity index (χ0n) is 14.3. The van der Waals surface area contributed by atoms with Crippen LogP contribution in [0.4, 0.5) is 10.6 Å². The molecule has 0 spiro atoms. The number of aromatic nitrogens is 2. The number of hydrogen-bond donors (Lipinski definition) is 1. The molecular formula is C17H24N6O2. The van der Waals surface area contributed by atoms with Crippen LogP contribution >= 0.6 is 0 Å². The molecule has 0 radical (unpaired) electrons. The van der Waals surface area contributed by atoms with Gasteiger partial charge in [-0.1, -0.05) is 0 Å². The number of piperidine rings is 1. The van der Waals surface area contributed by atoms with Crippen molar-refractivity contribution in [3.63, 3.8) is 0 Å². The van der Waals surface area contributed by atoms with Crippen molar-refractivity contribution in [2.75, 3.05) is 37.6 Å². The largest absolute Gasteiger partial charge is 0.355 e. The number of rotatable bonds is 3. The van der Waals surface area contributed by atoms with Crippen molar-refractivity contribution in [2.24, 2.45) is 0 Å². The molecular weight excluding hydrogens is 320 g/mol. The highest BCUT2D eigenvalue weighted by molar-refractivity contribution is 5.85. The first-order chi connectivity index (χ1) is 12.2. The standard InChI is InChI=1S/C17H24N6O2/c24-16-12-22(10-11-23(16)14-3-4-14)17(25)19-13-5-8-21(9-6-13)15-2-1-7-18-20-15/h1-2,7,13-14H,3-6,8-12H2,(H,19,25). The van der Waals surface area contributed by atoms with Gasteiger partial charge in [-0.2, -0.15) is 5.10 Å². The summed E-state index contributed by atoms with van der Waals surface area (Å²) in [6, 6.07) is 4.31. The Morgan fingerprint density at radius 2 is 1.92 bits per heavy atom. The zero-order valence-corrected chi connectivity index (χ0v) is 14.3. The van der Waals surface area contributed by atoms with Crippen LogP contribution in [0, 0.1) is 0 Å². The number of urea groups is 1. The van der Waals surface area contributed by atoms with Crippen LogP contribution in [-0.2, 0) is 4.79 Å². The van der Waals surface area contributed by atoms with E-state index in [4.69, 9.17) is 0 Å². The second-order valence-corrected chi connectivity index (χ2v) is 7.03. The van der Waals surface area contributed by atoms with Gasteiger partial charge < -0.3 is 20.0 Å². The normalized spacial score (nSPS) is 22.2. The molecule has 25 heavy (non-hydrogen) atoms. The third kappa shape index (κ3) is 3.67. The van der Waals surface area contributed by atoms with E-state index in [1.54, 1.807) is 11.1 Å². The highest BCUT2D eigenvalue weighted by Gasteiger charge is 2.37. The van der Waals surface area contributed by atoms with E-state index in [0.717, 1.165) is 44.6 Å². The van der Waals surface area contributed by atoms with Gasteiger partial charge in [0, 0.05) is 44.5 Å². The fourth-order valence-corrected chi connectivity index (χ4v) is 3.61. The van der Waals surface area contributed by atoms with Gasteiger partial charge in [0.05, 0.1) is 0 Å². The molecule has 1 saturated carbocycles. The van der Waals surface area contributed by atoms with Crippen molar-refractivity contribution in [1.82, 2.24) is 25.3 Å². The molecule has 8 nitrogen and oxygen atoms in total. The Bertz CT molecular complexity index is 627. The maximum absolute atomic E-state index is 12.5. The van der Waals surface area contributed by atoms with Crippen molar-refractivity contribution in [3.05, 3.63) is 18.3 Å². The van der Waals surface area contributed by atoms with E-state index >= 15 is 0 Å². The van der Waals surface area contributed by atoms with Crippen LogP contribution in [0.2, 0.25) is 0 Å². The van der Waals surface area contributed by atoms with Crippen molar-refractivity contribution in [2.45, 2.75) is 37.8 Å². The Labute approximate surface area is 147 Å². The number of carbonyl (C=O) groups excluding carboxylic acids is 2. The number of hydrogen-bond acceptors (Lipinski definition) is 5. The average Bonchev–Trinajstić information content (AvgIpc) is 3.48. The molecule has 8 heteroatoms. The van der Waals surface area contributed by atoms with Crippen LogP contribution in [0.15, 0.2) is 18.3 Å². The quantitative estimate of drug-likeness (QED) is 0.862. The lowest BCUT2D eigenvalue weighted by molar-refractivity contribution is -0.135. The van der Waals surface area contributed by atoms with Crippen LogP contribution in [0.25, 0.3) is 0 Å². The molecule has 2 aliphatic heterocycles. The summed E-state index contributed by atoms with van der Waals surface area (Å²) in [6.45, 7) is 3.20. The first kappa shape index (κ1) is 16.1. The van der Waals surface area contributed by atoms with Gasteiger partial charge >= 0.3 is 6.03 Å². The van der Waals surface area contributed by atoms with Gasteiger partial charge in [-0.3, -0.25) is 4.79 Å². The lowest BCUT2D eigenvalue weighted by atomic mass is 10.1. The van der Waals surface area contributed by atoms with Crippen molar-refractivity contribution >= 4 is 17.8 Å². The van der Waals surface area contributed by atoms with E-state index in [1.165, 1.54) is 0 Å². The summed E-state index contributed by atoms with van der Waals surface area (Å²) in [4.78, 5) is 30.4. The van der Waals surface area contributed by atoms with Gasteiger partial charge in [-0.25, -0.2) is 4.79 Å². The predicted octanol–water partition coefficient (Wildman–Crippen LogP) is 0.462. The third-order valence-electron chi connectivity index (χ3n) is 5.24. The molecule has 2 saturated heterocycles. The van der Waals surface area contributed by atoms with E-state index in [9.17, 15) is 9.59 Å². The van der Waals surface area contributed by atoms with Gasteiger partial charge in [0.1, 0.15) is 6.54 Å². The summed E-state index contributed by atoms with van der Waals surface area (Å²) in [6.07, 6.45) is 5.64. The smallest absolute Gasteiger partial charge is 0.318 e. The summed E-state index contributed by atoms with van der Waals surface area (Å²) in [5.41, 5.74) is 0. The molecule has 0 aromatic carbocycles. The first-order valence-corrected chi connectivity index (χ1v) is 9.08. The molecule has 0 atom stereocenters. The minimum Gasteiger partial charge on any atom is -0.355 e. The van der Waals surface area contributed by atoms with Gasteiger partial charge in [-0.15, -0.1) is 5.10 Å². The number of anilines is 1. The van der Waals surface area contributed by atoms with E-state index in [0.29, 0.717) is 19.1 Å². The number of nitrogens with zero attached hydrogens (tertiary/aromatic N) is 5. The lowest BCUT2D eigenvalue weighted by Gasteiger charge is -2.37. The molecule has 3 aliphatic rings. The van der Waals surface area contributed by atoms with Gasteiger partial charge in [0.25, 0.3) is 0 Å². The Morgan fingerprint density at radius 3 is 2.56 bits per heavy atom. The van der Waals surface area contributed by atoms with Crippen molar-refractivity contribution in [3.8, 4) is 0 Å². The number of nitrogens with one attached hydrogen (secondary N) is 1. The van der Waals surface area contributed by atoms with Crippen LogP contribution in [0.5, 0.6) is 0 Å². The minimum atomic E-state index is -0.109. The SMILES string of the molecule is O=C(NC1CCN(c2cccnn2)CC1)N1CCN(C2CC2)C(=O)C1. The molecule has 4 rings (SSSR count). The monoisotopic (exact) mass is 344 g/mol. The fourth-order valence-electron chi connectivity index (χ4n) is 3.61. The highest BCUT2D eigenvalue weighted by atomic mass is 16.2. The van der Waals surface area contributed by atoms with E-state index in [-0.39, 0.29) is 24.5 Å². The fraction of sp³-hybridized carbons (Fsp3) is 0.647. The molecule has 0 unspecified atom stereocenters. The number of carbonyl (C=O) groups is 2. The molecule has 3 heterocycles.